The molecule has 0 bridgehead atoms. The van der Waals surface area contributed by atoms with Gasteiger partial charge in [-0.25, -0.2) is 4.39 Å². The predicted octanol–water partition coefficient (Wildman–Crippen LogP) is 5.06. The Balaban J connectivity index is 2.08. The molecule has 2 atom stereocenters. The molecular formula is C14H15BrFNS. The van der Waals surface area contributed by atoms with E-state index in [1.54, 1.807) is 23.5 Å². The average molecular weight is 328 g/mol. The Hall–Kier alpha value is -0.710. The van der Waals surface area contributed by atoms with Crippen molar-refractivity contribution < 1.29 is 4.39 Å². The summed E-state index contributed by atoms with van der Waals surface area (Å²) in [6.45, 7) is 4.17. The van der Waals surface area contributed by atoms with Crippen LogP contribution >= 0.6 is 27.3 Å². The van der Waals surface area contributed by atoms with Crippen LogP contribution in [0.3, 0.4) is 0 Å². The third-order valence-corrected chi connectivity index (χ3v) is 4.94. The number of benzene rings is 1. The van der Waals surface area contributed by atoms with Crippen molar-refractivity contribution in [3.05, 3.63) is 56.4 Å². The molecule has 4 heteroatoms. The van der Waals surface area contributed by atoms with Crippen LogP contribution < -0.4 is 5.32 Å². The van der Waals surface area contributed by atoms with Crippen molar-refractivity contribution in [1.29, 1.82) is 0 Å². The van der Waals surface area contributed by atoms with Crippen molar-refractivity contribution in [1.82, 2.24) is 5.32 Å². The molecule has 1 aromatic heterocycles. The molecule has 0 fully saturated rings. The zero-order chi connectivity index (χ0) is 13.1. The summed E-state index contributed by atoms with van der Waals surface area (Å²) >= 11 is 5.25. The van der Waals surface area contributed by atoms with Gasteiger partial charge >= 0.3 is 0 Å². The fourth-order valence-electron chi connectivity index (χ4n) is 1.94. The van der Waals surface area contributed by atoms with Gasteiger partial charge in [-0.3, -0.25) is 0 Å². The molecule has 0 amide bonds. The zero-order valence-corrected chi connectivity index (χ0v) is 12.7. The number of thiophene rings is 1. The summed E-state index contributed by atoms with van der Waals surface area (Å²) in [5.41, 5.74) is 0.967. The maximum atomic E-state index is 13.2. The molecule has 2 aromatic rings. The van der Waals surface area contributed by atoms with E-state index in [1.165, 1.54) is 10.9 Å². The molecule has 1 N–H and O–H groups in total. The molecule has 1 unspecified atom stereocenters. The molecule has 1 heterocycles. The van der Waals surface area contributed by atoms with Gasteiger partial charge in [0.05, 0.1) is 0 Å². The van der Waals surface area contributed by atoms with Crippen LogP contribution in [-0.2, 0) is 0 Å². The Morgan fingerprint density at radius 1 is 1.22 bits per heavy atom. The van der Waals surface area contributed by atoms with E-state index in [-0.39, 0.29) is 17.9 Å². The van der Waals surface area contributed by atoms with E-state index >= 15 is 0 Å². The van der Waals surface area contributed by atoms with Crippen molar-refractivity contribution in [3.63, 3.8) is 0 Å². The first-order valence-electron chi connectivity index (χ1n) is 5.82. The number of hydrogen-bond acceptors (Lipinski definition) is 2. The lowest BCUT2D eigenvalue weighted by Crippen LogP contribution is -2.22. The first-order valence-corrected chi connectivity index (χ1v) is 7.49. The van der Waals surface area contributed by atoms with E-state index in [4.69, 9.17) is 0 Å². The lowest BCUT2D eigenvalue weighted by molar-refractivity contribution is 0.496. The van der Waals surface area contributed by atoms with Crippen molar-refractivity contribution in [2.24, 2.45) is 0 Å². The fraction of sp³-hybridized carbons (Fsp3) is 0.286. The minimum absolute atomic E-state index is 0.115. The molecular weight excluding hydrogens is 313 g/mol. The number of halogens is 2. The Kier molecular flexibility index (Phi) is 4.54. The Labute approximate surface area is 119 Å². The second kappa shape index (κ2) is 5.95. The molecule has 0 saturated heterocycles. The average Bonchev–Trinajstić information content (AvgIpc) is 2.75. The van der Waals surface area contributed by atoms with Crippen LogP contribution in [0.2, 0.25) is 0 Å². The van der Waals surface area contributed by atoms with Crippen LogP contribution in [0.4, 0.5) is 4.39 Å². The Morgan fingerprint density at radius 3 is 2.61 bits per heavy atom. The van der Waals surface area contributed by atoms with Gasteiger partial charge in [-0.2, -0.15) is 0 Å². The van der Waals surface area contributed by atoms with Crippen molar-refractivity contribution in [2.75, 3.05) is 0 Å². The molecule has 0 aliphatic rings. The molecule has 1 aromatic carbocycles. The monoisotopic (exact) mass is 327 g/mol. The predicted molar refractivity (Wildman–Crippen MR) is 78.4 cm³/mol. The van der Waals surface area contributed by atoms with Gasteiger partial charge < -0.3 is 5.32 Å². The van der Waals surface area contributed by atoms with Gasteiger partial charge in [0.15, 0.2) is 0 Å². The lowest BCUT2D eigenvalue weighted by Gasteiger charge is -2.20. The minimum atomic E-state index is -0.189. The molecule has 0 aliphatic carbocycles. The van der Waals surface area contributed by atoms with E-state index in [0.29, 0.717) is 0 Å². The van der Waals surface area contributed by atoms with E-state index < -0.39 is 0 Å². The summed E-state index contributed by atoms with van der Waals surface area (Å²) in [5, 5.41) is 5.54. The maximum Gasteiger partial charge on any atom is 0.123 e. The quantitative estimate of drug-likeness (QED) is 0.827. The highest BCUT2D eigenvalue weighted by molar-refractivity contribution is 9.10. The summed E-state index contributed by atoms with van der Waals surface area (Å²) in [5.74, 6) is -0.189. The first kappa shape index (κ1) is 13.7. The van der Waals surface area contributed by atoms with Crippen molar-refractivity contribution >= 4 is 27.3 Å². The van der Waals surface area contributed by atoms with Crippen LogP contribution in [0.25, 0.3) is 0 Å². The Morgan fingerprint density at radius 2 is 2.00 bits per heavy atom. The van der Waals surface area contributed by atoms with E-state index in [0.717, 1.165) is 10.0 Å². The van der Waals surface area contributed by atoms with Crippen LogP contribution in [0.1, 0.15) is 36.4 Å². The topological polar surface area (TPSA) is 12.0 Å². The van der Waals surface area contributed by atoms with Gasteiger partial charge in [-0.1, -0.05) is 12.1 Å². The van der Waals surface area contributed by atoms with E-state index in [9.17, 15) is 4.39 Å². The molecule has 18 heavy (non-hydrogen) atoms. The van der Waals surface area contributed by atoms with Crippen LogP contribution in [-0.4, -0.2) is 0 Å². The van der Waals surface area contributed by atoms with Crippen LogP contribution in [0.5, 0.6) is 0 Å². The SMILES string of the molecule is CC(N[C@@H](C)c1cccc(F)c1)c1sccc1Br. The van der Waals surface area contributed by atoms with Gasteiger partial charge in [-0.15, -0.1) is 11.3 Å². The third-order valence-electron chi connectivity index (χ3n) is 2.89. The molecule has 0 saturated carbocycles. The number of hydrogen-bond donors (Lipinski definition) is 1. The van der Waals surface area contributed by atoms with Gasteiger partial charge in [0.25, 0.3) is 0 Å². The molecule has 96 valence electrons. The van der Waals surface area contributed by atoms with E-state index in [1.807, 2.05) is 19.1 Å². The highest BCUT2D eigenvalue weighted by Gasteiger charge is 2.14. The largest absolute Gasteiger partial charge is 0.303 e. The smallest absolute Gasteiger partial charge is 0.123 e. The second-order valence-electron chi connectivity index (χ2n) is 4.30. The third kappa shape index (κ3) is 3.19. The van der Waals surface area contributed by atoms with Crippen LogP contribution in [0, 0.1) is 5.82 Å². The number of nitrogens with one attached hydrogen (secondary N) is 1. The summed E-state index contributed by atoms with van der Waals surface area (Å²) < 4.78 is 14.3. The molecule has 1 nitrogen and oxygen atoms in total. The van der Waals surface area contributed by atoms with Gasteiger partial charge in [0.2, 0.25) is 0 Å². The molecule has 0 aliphatic heterocycles. The van der Waals surface area contributed by atoms with Crippen LogP contribution in [0.15, 0.2) is 40.2 Å². The number of rotatable bonds is 4. The summed E-state index contributed by atoms with van der Waals surface area (Å²) in [6, 6.07) is 9.13. The molecule has 0 spiro atoms. The summed E-state index contributed by atoms with van der Waals surface area (Å²) in [7, 11) is 0. The highest BCUT2D eigenvalue weighted by Crippen LogP contribution is 2.30. The standard InChI is InChI=1S/C14H15BrFNS/c1-9(11-4-3-5-12(16)8-11)17-10(2)14-13(15)6-7-18-14/h3-10,17H,1-2H3/t9-,10?/m0/s1. The van der Waals surface area contributed by atoms with Crippen molar-refractivity contribution in [3.8, 4) is 0 Å². The lowest BCUT2D eigenvalue weighted by atomic mass is 10.1. The fourth-order valence-corrected chi connectivity index (χ4v) is 3.67. The summed E-state index contributed by atoms with van der Waals surface area (Å²) in [6.07, 6.45) is 0. The molecule has 2 rings (SSSR count). The van der Waals surface area contributed by atoms with Gasteiger partial charge in [0, 0.05) is 21.4 Å². The van der Waals surface area contributed by atoms with Crippen molar-refractivity contribution in [2.45, 2.75) is 25.9 Å². The molecule has 0 radical (unpaired) electrons. The minimum Gasteiger partial charge on any atom is -0.303 e. The first-order chi connectivity index (χ1) is 8.58. The maximum absolute atomic E-state index is 13.2. The Bertz CT molecular complexity index is 526. The van der Waals surface area contributed by atoms with Gasteiger partial charge in [0.1, 0.15) is 5.82 Å². The van der Waals surface area contributed by atoms with E-state index in [2.05, 4.69) is 33.6 Å². The van der Waals surface area contributed by atoms with Gasteiger partial charge in [-0.05, 0) is 58.9 Å². The summed E-state index contributed by atoms with van der Waals surface area (Å²) in [4.78, 5) is 1.26. The highest BCUT2D eigenvalue weighted by atomic mass is 79.9. The normalized spacial score (nSPS) is 14.4. The zero-order valence-electron chi connectivity index (χ0n) is 10.3. The second-order valence-corrected chi connectivity index (χ2v) is 6.10.